The first kappa shape index (κ1) is 17.6. The van der Waals surface area contributed by atoms with Crippen molar-refractivity contribution in [1.82, 2.24) is 4.90 Å². The molecule has 21 heavy (non-hydrogen) atoms. The molecule has 1 aromatic carbocycles. The zero-order valence-electron chi connectivity index (χ0n) is 13.1. The molecule has 0 heterocycles. The van der Waals surface area contributed by atoms with Crippen molar-refractivity contribution >= 4 is 17.7 Å². The number of aliphatic hydroxyl groups excluding tert-OH is 1. The molecule has 0 radical (unpaired) electrons. The molecule has 0 aliphatic rings. The van der Waals surface area contributed by atoms with Gasteiger partial charge in [-0.2, -0.15) is 11.8 Å². The lowest BCUT2D eigenvalue weighted by atomic mass is 10.0. The number of benzene rings is 1. The van der Waals surface area contributed by atoms with E-state index >= 15 is 0 Å². The third-order valence-corrected chi connectivity index (χ3v) is 4.12. The summed E-state index contributed by atoms with van der Waals surface area (Å²) in [6.45, 7) is 3.85. The lowest BCUT2D eigenvalue weighted by Gasteiger charge is -2.27. The van der Waals surface area contributed by atoms with Crippen molar-refractivity contribution in [3.8, 4) is 11.8 Å². The highest BCUT2D eigenvalue weighted by atomic mass is 32.2. The number of thioether (sulfide) groups is 1. The average molecular weight is 305 g/mol. The summed E-state index contributed by atoms with van der Waals surface area (Å²) < 4.78 is 0. The van der Waals surface area contributed by atoms with Gasteiger partial charge in [0.2, 0.25) is 0 Å². The van der Waals surface area contributed by atoms with Gasteiger partial charge >= 0.3 is 0 Å². The predicted octanol–water partition coefficient (Wildman–Crippen LogP) is 2.55. The summed E-state index contributed by atoms with van der Waals surface area (Å²) in [4.78, 5) is 14.5. The topological polar surface area (TPSA) is 40.5 Å². The van der Waals surface area contributed by atoms with Crippen LogP contribution in [0.1, 0.15) is 34.8 Å². The lowest BCUT2D eigenvalue weighted by Crippen LogP contribution is -2.38. The molecule has 1 atom stereocenters. The zero-order valence-corrected chi connectivity index (χ0v) is 14.0. The second kappa shape index (κ2) is 8.76. The third-order valence-electron chi connectivity index (χ3n) is 3.41. The van der Waals surface area contributed by atoms with Gasteiger partial charge in [0.25, 0.3) is 5.91 Å². The number of carbonyl (C=O) groups is 1. The molecule has 0 aliphatic carbocycles. The van der Waals surface area contributed by atoms with Crippen molar-refractivity contribution < 1.29 is 9.90 Å². The van der Waals surface area contributed by atoms with Crippen LogP contribution >= 0.6 is 11.8 Å². The second-order valence-corrected chi connectivity index (χ2v) is 5.85. The summed E-state index contributed by atoms with van der Waals surface area (Å²) in [6, 6.07) is 5.84. The Bertz CT molecular complexity index is 545. The number of aliphatic hydroxyl groups is 1. The molecular formula is C17H23NO2S. The molecule has 1 aromatic rings. The van der Waals surface area contributed by atoms with Gasteiger partial charge in [-0.3, -0.25) is 4.79 Å². The molecule has 4 heteroatoms. The summed E-state index contributed by atoms with van der Waals surface area (Å²) in [5, 5.41) is 8.86. The maximum atomic E-state index is 12.7. The smallest absolute Gasteiger partial charge is 0.255 e. The number of aryl methyl sites for hydroxylation is 1. The van der Waals surface area contributed by atoms with Crippen LogP contribution in [0.4, 0.5) is 0 Å². The van der Waals surface area contributed by atoms with E-state index in [1.54, 1.807) is 16.7 Å². The van der Waals surface area contributed by atoms with E-state index in [0.29, 0.717) is 11.1 Å². The Balaban J connectivity index is 3.11. The van der Waals surface area contributed by atoms with Crippen molar-refractivity contribution in [1.29, 1.82) is 0 Å². The van der Waals surface area contributed by atoms with Crippen molar-refractivity contribution in [3.63, 3.8) is 0 Å². The summed E-state index contributed by atoms with van der Waals surface area (Å²) >= 11 is 1.74. The maximum absolute atomic E-state index is 12.7. The number of carbonyl (C=O) groups excluding carboxylic acids is 1. The Morgan fingerprint density at radius 2 is 2.19 bits per heavy atom. The monoisotopic (exact) mass is 305 g/mol. The molecule has 1 N–H and O–H groups in total. The highest BCUT2D eigenvalue weighted by Crippen LogP contribution is 2.16. The van der Waals surface area contributed by atoms with Crippen LogP contribution in [0.15, 0.2) is 18.2 Å². The fourth-order valence-electron chi connectivity index (χ4n) is 2.13. The zero-order chi connectivity index (χ0) is 15.8. The molecular weight excluding hydrogens is 282 g/mol. The van der Waals surface area contributed by atoms with Crippen LogP contribution < -0.4 is 0 Å². The molecule has 0 saturated carbocycles. The van der Waals surface area contributed by atoms with Crippen LogP contribution in [0.5, 0.6) is 0 Å². The number of hydrogen-bond donors (Lipinski definition) is 1. The largest absolute Gasteiger partial charge is 0.384 e. The average Bonchev–Trinajstić information content (AvgIpc) is 2.49. The van der Waals surface area contributed by atoms with Crippen LogP contribution in [0.3, 0.4) is 0 Å². The fourth-order valence-corrected chi connectivity index (χ4v) is 2.98. The van der Waals surface area contributed by atoms with Crippen LogP contribution in [0, 0.1) is 18.8 Å². The second-order valence-electron chi connectivity index (χ2n) is 4.94. The SMILES string of the molecule is CCC(CSC)N(C)C(=O)c1ccc(C)cc1C#CCO. The molecule has 0 spiro atoms. The first-order valence-electron chi connectivity index (χ1n) is 7.01. The van der Waals surface area contributed by atoms with E-state index in [9.17, 15) is 4.79 Å². The molecule has 0 bridgehead atoms. The van der Waals surface area contributed by atoms with Gasteiger partial charge in [0.1, 0.15) is 6.61 Å². The third kappa shape index (κ3) is 4.80. The van der Waals surface area contributed by atoms with E-state index in [2.05, 4.69) is 18.8 Å². The van der Waals surface area contributed by atoms with Crippen molar-refractivity contribution in [2.75, 3.05) is 25.7 Å². The quantitative estimate of drug-likeness (QED) is 0.850. The molecule has 114 valence electrons. The van der Waals surface area contributed by atoms with Crippen LogP contribution in [-0.2, 0) is 0 Å². The molecule has 0 aliphatic heterocycles. The Hall–Kier alpha value is -1.44. The van der Waals surface area contributed by atoms with Crippen LogP contribution in [-0.4, -0.2) is 47.6 Å². The summed E-state index contributed by atoms with van der Waals surface area (Å²) in [5.74, 6) is 6.40. The van der Waals surface area contributed by atoms with Gasteiger partial charge in [-0.15, -0.1) is 0 Å². The molecule has 1 unspecified atom stereocenters. The summed E-state index contributed by atoms with van der Waals surface area (Å²) in [6.07, 6.45) is 2.97. The van der Waals surface area contributed by atoms with Gasteiger partial charge in [-0.05, 0) is 37.3 Å². The Labute approximate surface area is 131 Å². The van der Waals surface area contributed by atoms with Gasteiger partial charge in [0.05, 0.1) is 5.56 Å². The van der Waals surface area contributed by atoms with Crippen molar-refractivity contribution in [3.05, 3.63) is 34.9 Å². The maximum Gasteiger partial charge on any atom is 0.255 e. The van der Waals surface area contributed by atoms with E-state index < -0.39 is 0 Å². The lowest BCUT2D eigenvalue weighted by molar-refractivity contribution is 0.0743. The minimum Gasteiger partial charge on any atom is -0.384 e. The molecule has 0 aromatic heterocycles. The van der Waals surface area contributed by atoms with Crippen LogP contribution in [0.2, 0.25) is 0 Å². The summed E-state index contributed by atoms with van der Waals surface area (Å²) in [7, 11) is 1.84. The van der Waals surface area contributed by atoms with E-state index in [1.807, 2.05) is 38.4 Å². The standard InChI is InChI=1S/C17H23NO2S/c1-5-15(12-21-4)18(3)17(20)16-9-8-13(2)11-14(16)7-6-10-19/h8-9,11,15,19H,5,10,12H2,1-4H3. The first-order valence-corrected chi connectivity index (χ1v) is 8.41. The summed E-state index contributed by atoms with van der Waals surface area (Å²) in [5.41, 5.74) is 2.33. The molecule has 3 nitrogen and oxygen atoms in total. The molecule has 1 rings (SSSR count). The highest BCUT2D eigenvalue weighted by molar-refractivity contribution is 7.98. The Morgan fingerprint density at radius 3 is 2.76 bits per heavy atom. The normalized spacial score (nSPS) is 11.5. The Kier molecular flexibility index (Phi) is 7.35. The fraction of sp³-hybridized carbons (Fsp3) is 0.471. The van der Waals surface area contributed by atoms with Gasteiger partial charge in [0.15, 0.2) is 0 Å². The Morgan fingerprint density at radius 1 is 1.48 bits per heavy atom. The van der Waals surface area contributed by atoms with Crippen LogP contribution in [0.25, 0.3) is 0 Å². The number of hydrogen-bond acceptors (Lipinski definition) is 3. The van der Waals surface area contributed by atoms with Crippen molar-refractivity contribution in [2.45, 2.75) is 26.3 Å². The van der Waals surface area contributed by atoms with E-state index in [1.165, 1.54) is 0 Å². The van der Waals surface area contributed by atoms with E-state index in [0.717, 1.165) is 17.7 Å². The van der Waals surface area contributed by atoms with Gasteiger partial charge < -0.3 is 10.0 Å². The molecule has 0 fully saturated rings. The molecule has 0 saturated heterocycles. The number of nitrogens with zero attached hydrogens (tertiary/aromatic N) is 1. The molecule has 1 amide bonds. The predicted molar refractivity (Wildman–Crippen MR) is 89.7 cm³/mol. The minimum absolute atomic E-state index is 0.0156. The number of rotatable bonds is 5. The number of amides is 1. The minimum atomic E-state index is -0.207. The van der Waals surface area contributed by atoms with E-state index in [4.69, 9.17) is 5.11 Å². The van der Waals surface area contributed by atoms with Gasteiger partial charge in [-0.25, -0.2) is 0 Å². The van der Waals surface area contributed by atoms with Gasteiger partial charge in [-0.1, -0.05) is 24.8 Å². The first-order chi connectivity index (χ1) is 10.0. The van der Waals surface area contributed by atoms with Gasteiger partial charge in [0, 0.05) is 24.4 Å². The van der Waals surface area contributed by atoms with Crippen molar-refractivity contribution in [2.24, 2.45) is 0 Å². The highest BCUT2D eigenvalue weighted by Gasteiger charge is 2.21. The van der Waals surface area contributed by atoms with E-state index in [-0.39, 0.29) is 18.6 Å².